The second-order valence-corrected chi connectivity index (χ2v) is 6.27. The lowest BCUT2D eigenvalue weighted by atomic mass is 9.73. The van der Waals surface area contributed by atoms with E-state index in [1.165, 1.54) is 56.1 Å². The second kappa shape index (κ2) is 4.91. The van der Waals surface area contributed by atoms with Crippen LogP contribution >= 0.6 is 0 Å². The van der Waals surface area contributed by atoms with Crippen LogP contribution in [0.25, 0.3) is 0 Å². The Morgan fingerprint density at radius 2 is 1.60 bits per heavy atom. The molecule has 1 heterocycles. The van der Waals surface area contributed by atoms with Crippen LogP contribution in [-0.2, 0) is 0 Å². The third-order valence-corrected chi connectivity index (χ3v) is 5.01. The molecule has 1 aliphatic heterocycles. The summed E-state index contributed by atoms with van der Waals surface area (Å²) in [6.45, 7) is 7.67. The van der Waals surface area contributed by atoms with Gasteiger partial charge in [-0.05, 0) is 26.7 Å². The first-order valence-electron chi connectivity index (χ1n) is 6.41. The minimum Gasteiger partial charge on any atom is -1.00 e. The molecule has 1 spiro atoms. The van der Waals surface area contributed by atoms with E-state index in [-0.39, 0.29) is 24.0 Å². The third kappa shape index (κ3) is 2.68. The van der Waals surface area contributed by atoms with Gasteiger partial charge in [0.25, 0.3) is 0 Å². The molecule has 1 saturated carbocycles. The van der Waals surface area contributed by atoms with Gasteiger partial charge in [-0.3, -0.25) is 0 Å². The lowest BCUT2D eigenvalue weighted by molar-refractivity contribution is -0.921. The Labute approximate surface area is 112 Å². The molecule has 0 amide bonds. The molecule has 0 bridgehead atoms. The van der Waals surface area contributed by atoms with Crippen LogP contribution in [-0.4, -0.2) is 30.7 Å². The summed E-state index contributed by atoms with van der Waals surface area (Å²) in [4.78, 5) is 0. The maximum Gasteiger partial charge on any atom is 0.0845 e. The maximum absolute atomic E-state index is 2.47. The first kappa shape index (κ1) is 13.8. The molecule has 2 heteroatoms. The van der Waals surface area contributed by atoms with E-state index in [4.69, 9.17) is 0 Å². The Hall–Kier alpha value is 0.690. The highest BCUT2D eigenvalue weighted by Crippen LogP contribution is 2.46. The van der Waals surface area contributed by atoms with Crippen LogP contribution < -0.4 is 24.0 Å². The van der Waals surface area contributed by atoms with E-state index < -0.39 is 0 Å². The summed E-state index contributed by atoms with van der Waals surface area (Å²) < 4.78 is 1.33. The first-order valence-corrected chi connectivity index (χ1v) is 6.41. The molecule has 0 aromatic heterocycles. The summed E-state index contributed by atoms with van der Waals surface area (Å²) in [7, 11) is 2.47. The largest absolute Gasteiger partial charge is 1.00 e. The van der Waals surface area contributed by atoms with Crippen LogP contribution in [0.5, 0.6) is 0 Å². The van der Waals surface area contributed by atoms with Gasteiger partial charge >= 0.3 is 0 Å². The van der Waals surface area contributed by atoms with Crippen molar-refractivity contribution < 1.29 is 28.5 Å². The zero-order valence-electron chi connectivity index (χ0n) is 10.6. The van der Waals surface area contributed by atoms with Crippen molar-refractivity contribution in [3.8, 4) is 0 Å². The molecule has 0 N–H and O–H groups in total. The molecule has 1 nitrogen and oxygen atoms in total. The van der Waals surface area contributed by atoms with Crippen molar-refractivity contribution in [2.24, 2.45) is 5.41 Å². The predicted molar refractivity (Wildman–Crippen MR) is 61.2 cm³/mol. The van der Waals surface area contributed by atoms with Crippen molar-refractivity contribution in [1.82, 2.24) is 0 Å². The van der Waals surface area contributed by atoms with E-state index in [2.05, 4.69) is 20.9 Å². The third-order valence-electron chi connectivity index (χ3n) is 5.01. The smallest absolute Gasteiger partial charge is 0.0845 e. The van der Waals surface area contributed by atoms with Crippen LogP contribution in [0.3, 0.4) is 0 Å². The molecule has 0 aromatic rings. The van der Waals surface area contributed by atoms with Crippen molar-refractivity contribution in [2.45, 2.75) is 58.4 Å². The van der Waals surface area contributed by atoms with Gasteiger partial charge in [-0.2, -0.15) is 0 Å². The number of rotatable bonds is 1. The van der Waals surface area contributed by atoms with Gasteiger partial charge in [0.1, 0.15) is 0 Å². The van der Waals surface area contributed by atoms with Crippen LogP contribution in [0.15, 0.2) is 0 Å². The second-order valence-electron chi connectivity index (χ2n) is 6.27. The van der Waals surface area contributed by atoms with E-state index in [9.17, 15) is 0 Å². The van der Waals surface area contributed by atoms with Crippen molar-refractivity contribution in [1.29, 1.82) is 0 Å². The summed E-state index contributed by atoms with van der Waals surface area (Å²) in [5.74, 6) is 0. The lowest BCUT2D eigenvalue weighted by Crippen LogP contribution is -3.00. The monoisotopic (exact) mass is 323 g/mol. The molecule has 1 aliphatic carbocycles. The van der Waals surface area contributed by atoms with E-state index in [1.807, 2.05) is 0 Å². The van der Waals surface area contributed by atoms with Crippen molar-refractivity contribution in [2.75, 3.05) is 20.1 Å². The number of hydrogen-bond acceptors (Lipinski definition) is 0. The number of likely N-dealkylation sites (tertiary alicyclic amines) is 1. The fourth-order valence-corrected chi connectivity index (χ4v) is 3.57. The molecule has 0 aromatic carbocycles. The first-order chi connectivity index (χ1) is 6.56. The van der Waals surface area contributed by atoms with Gasteiger partial charge in [0, 0.05) is 11.8 Å². The molecule has 1 saturated heterocycles. The van der Waals surface area contributed by atoms with Gasteiger partial charge in [0.2, 0.25) is 0 Å². The van der Waals surface area contributed by atoms with Crippen LogP contribution in [0.1, 0.15) is 52.4 Å². The number of halogens is 1. The van der Waals surface area contributed by atoms with E-state index in [0.717, 1.165) is 11.5 Å². The highest BCUT2D eigenvalue weighted by Gasteiger charge is 2.47. The summed E-state index contributed by atoms with van der Waals surface area (Å²) in [6, 6.07) is 0.816. The molecule has 15 heavy (non-hydrogen) atoms. The van der Waals surface area contributed by atoms with E-state index in [1.54, 1.807) is 0 Å². The standard InChI is InChI=1S/C13H26N.HI/c1-12(2)14(3)10-9-13(11-14)7-5-4-6-8-13;/h12H,4-11H2,1-3H3;1H/q+1;/p-1. The predicted octanol–water partition coefficient (Wildman–Crippen LogP) is 0.200. The topological polar surface area (TPSA) is 0 Å². The normalized spacial score (nSPS) is 34.4. The zero-order valence-corrected chi connectivity index (χ0v) is 12.7. The Balaban J connectivity index is 0.00000112. The molecule has 1 unspecified atom stereocenters. The minimum atomic E-state index is 0. The molecule has 1 atom stereocenters. The zero-order chi connectivity index (χ0) is 10.2. The van der Waals surface area contributed by atoms with Gasteiger partial charge in [0.15, 0.2) is 0 Å². The summed E-state index contributed by atoms with van der Waals surface area (Å²) in [5, 5.41) is 0. The van der Waals surface area contributed by atoms with Crippen LogP contribution in [0.4, 0.5) is 0 Å². The maximum atomic E-state index is 2.47. The van der Waals surface area contributed by atoms with Gasteiger partial charge in [-0.25, -0.2) is 0 Å². The van der Waals surface area contributed by atoms with E-state index in [0.29, 0.717) is 0 Å². The highest BCUT2D eigenvalue weighted by molar-refractivity contribution is 4.86. The summed E-state index contributed by atoms with van der Waals surface area (Å²) >= 11 is 0. The molecule has 90 valence electrons. The Bertz CT molecular complexity index is 209. The Kier molecular flexibility index (Phi) is 4.50. The van der Waals surface area contributed by atoms with Gasteiger partial charge in [0.05, 0.1) is 26.2 Å². The molecule has 2 rings (SSSR count). The van der Waals surface area contributed by atoms with Crippen molar-refractivity contribution >= 4 is 0 Å². The summed E-state index contributed by atoms with van der Waals surface area (Å²) in [6.07, 6.45) is 9.03. The molecule has 2 fully saturated rings. The lowest BCUT2D eigenvalue weighted by Gasteiger charge is -2.38. The molecule has 2 aliphatic rings. The average Bonchev–Trinajstić information content (AvgIpc) is 2.47. The fraction of sp³-hybridized carbons (Fsp3) is 1.00. The molecular weight excluding hydrogens is 297 g/mol. The average molecular weight is 323 g/mol. The number of quaternary nitrogens is 1. The minimum absolute atomic E-state index is 0. The Morgan fingerprint density at radius 1 is 1.00 bits per heavy atom. The molecular formula is C13H26IN. The van der Waals surface area contributed by atoms with Gasteiger partial charge in [-0.1, -0.05) is 19.3 Å². The quantitative estimate of drug-likeness (QED) is 0.478. The SMILES string of the molecule is CC(C)[N+]1(C)CCC2(CCCCC2)C1.[I-]. The number of nitrogens with zero attached hydrogens (tertiary/aromatic N) is 1. The van der Waals surface area contributed by atoms with Crippen LogP contribution in [0.2, 0.25) is 0 Å². The molecule has 0 radical (unpaired) electrons. The van der Waals surface area contributed by atoms with Gasteiger partial charge in [-0.15, -0.1) is 0 Å². The highest BCUT2D eigenvalue weighted by atomic mass is 127. The summed E-state index contributed by atoms with van der Waals surface area (Å²) in [5.41, 5.74) is 0.761. The van der Waals surface area contributed by atoms with Gasteiger partial charge < -0.3 is 28.5 Å². The number of hydrogen-bond donors (Lipinski definition) is 0. The Morgan fingerprint density at radius 3 is 2.07 bits per heavy atom. The fourth-order valence-electron chi connectivity index (χ4n) is 3.57. The van der Waals surface area contributed by atoms with Crippen LogP contribution in [0, 0.1) is 5.41 Å². The van der Waals surface area contributed by atoms with E-state index >= 15 is 0 Å². The van der Waals surface area contributed by atoms with Crippen molar-refractivity contribution in [3.05, 3.63) is 0 Å². The van der Waals surface area contributed by atoms with Crippen molar-refractivity contribution in [3.63, 3.8) is 0 Å².